The van der Waals surface area contributed by atoms with Gasteiger partial charge in [-0.15, -0.1) is 6.42 Å². The Morgan fingerprint density at radius 2 is 1.70 bits per heavy atom. The Hall–Kier alpha value is -1.86. The van der Waals surface area contributed by atoms with Gasteiger partial charge in [-0.25, -0.2) is 0 Å². The molecule has 1 rings (SSSR count). The molecule has 0 fully saturated rings. The van der Waals surface area contributed by atoms with Crippen LogP contribution in [0.4, 0.5) is 0 Å². The Labute approximate surface area is 121 Å². The van der Waals surface area contributed by atoms with E-state index >= 15 is 0 Å². The van der Waals surface area contributed by atoms with Crippen LogP contribution in [0.3, 0.4) is 0 Å². The van der Waals surface area contributed by atoms with Crippen LogP contribution in [0.2, 0.25) is 0 Å². The van der Waals surface area contributed by atoms with Crippen LogP contribution in [0.25, 0.3) is 0 Å². The zero-order chi connectivity index (χ0) is 15.2. The van der Waals surface area contributed by atoms with Crippen molar-refractivity contribution in [1.82, 2.24) is 5.32 Å². The molecule has 110 valence electrons. The molecule has 0 aromatic heterocycles. The smallest absolute Gasteiger partial charge is 0.204 e. The minimum Gasteiger partial charge on any atom is -0.493 e. The molecule has 0 amide bonds. The molecule has 0 saturated carbocycles. The van der Waals surface area contributed by atoms with Crippen LogP contribution in [0.15, 0.2) is 12.1 Å². The van der Waals surface area contributed by atoms with E-state index in [1.807, 2.05) is 12.1 Å². The molecular formula is C16H23NO3. The summed E-state index contributed by atoms with van der Waals surface area (Å²) in [7, 11) is 3.19. The highest BCUT2D eigenvalue weighted by atomic mass is 16.5. The summed E-state index contributed by atoms with van der Waals surface area (Å²) in [5.74, 6) is 4.20. The molecule has 20 heavy (non-hydrogen) atoms. The number of hydrogen-bond acceptors (Lipinski definition) is 4. The number of ether oxygens (including phenoxy) is 3. The normalized spacial score (nSPS) is 10.8. The van der Waals surface area contributed by atoms with E-state index in [0.717, 1.165) is 5.56 Å². The van der Waals surface area contributed by atoms with Gasteiger partial charge in [0.15, 0.2) is 11.5 Å². The molecule has 1 aromatic rings. The standard InChI is InChI=1S/C16H23NO3/c1-7-8-20-15-13(18-5)9-12(10-14(15)19-6)11-17-16(2,3)4/h1,9-10,17H,8,11H2,2-6H3. The Kier molecular flexibility index (Phi) is 5.72. The molecule has 0 aliphatic rings. The first-order valence-corrected chi connectivity index (χ1v) is 6.47. The fraction of sp³-hybridized carbons (Fsp3) is 0.500. The van der Waals surface area contributed by atoms with Crippen molar-refractivity contribution < 1.29 is 14.2 Å². The van der Waals surface area contributed by atoms with Crippen LogP contribution in [-0.4, -0.2) is 26.4 Å². The highest BCUT2D eigenvalue weighted by molar-refractivity contribution is 5.54. The Balaban J connectivity index is 3.03. The average molecular weight is 277 g/mol. The molecule has 0 atom stereocenters. The van der Waals surface area contributed by atoms with Gasteiger partial charge in [0, 0.05) is 12.1 Å². The van der Waals surface area contributed by atoms with Crippen molar-refractivity contribution in [2.24, 2.45) is 0 Å². The maximum Gasteiger partial charge on any atom is 0.204 e. The summed E-state index contributed by atoms with van der Waals surface area (Å²) in [6, 6.07) is 3.85. The fourth-order valence-electron chi connectivity index (χ4n) is 1.66. The summed E-state index contributed by atoms with van der Waals surface area (Å²) in [5, 5.41) is 3.42. The van der Waals surface area contributed by atoms with E-state index in [2.05, 4.69) is 32.0 Å². The highest BCUT2D eigenvalue weighted by Gasteiger charge is 2.15. The largest absolute Gasteiger partial charge is 0.493 e. The van der Waals surface area contributed by atoms with Crippen LogP contribution in [0.1, 0.15) is 26.3 Å². The lowest BCUT2D eigenvalue weighted by Crippen LogP contribution is -2.35. The number of rotatable bonds is 6. The van der Waals surface area contributed by atoms with Gasteiger partial charge in [0.25, 0.3) is 0 Å². The average Bonchev–Trinajstić information content (AvgIpc) is 2.41. The van der Waals surface area contributed by atoms with Crippen molar-refractivity contribution in [2.45, 2.75) is 32.9 Å². The van der Waals surface area contributed by atoms with E-state index in [-0.39, 0.29) is 12.1 Å². The molecule has 0 spiro atoms. The molecule has 0 aliphatic heterocycles. The molecule has 0 saturated heterocycles. The van der Waals surface area contributed by atoms with Crippen molar-refractivity contribution in [3.8, 4) is 29.6 Å². The van der Waals surface area contributed by atoms with Crippen LogP contribution < -0.4 is 19.5 Å². The van der Waals surface area contributed by atoms with E-state index in [1.165, 1.54) is 0 Å². The summed E-state index contributed by atoms with van der Waals surface area (Å²) in [5.41, 5.74) is 1.10. The summed E-state index contributed by atoms with van der Waals surface area (Å²) < 4.78 is 16.2. The zero-order valence-corrected chi connectivity index (χ0v) is 12.9. The van der Waals surface area contributed by atoms with E-state index in [4.69, 9.17) is 20.6 Å². The third kappa shape index (κ3) is 4.67. The monoisotopic (exact) mass is 277 g/mol. The molecule has 0 radical (unpaired) electrons. The predicted molar refractivity (Wildman–Crippen MR) is 80.5 cm³/mol. The highest BCUT2D eigenvalue weighted by Crippen LogP contribution is 2.38. The first-order valence-electron chi connectivity index (χ1n) is 6.47. The first-order chi connectivity index (χ1) is 9.41. The van der Waals surface area contributed by atoms with Crippen LogP contribution in [0, 0.1) is 12.3 Å². The van der Waals surface area contributed by atoms with Crippen LogP contribution >= 0.6 is 0 Å². The number of benzene rings is 1. The van der Waals surface area contributed by atoms with Gasteiger partial charge in [-0.1, -0.05) is 5.92 Å². The van der Waals surface area contributed by atoms with E-state index in [1.54, 1.807) is 14.2 Å². The van der Waals surface area contributed by atoms with E-state index < -0.39 is 0 Å². The van der Waals surface area contributed by atoms with Crippen molar-refractivity contribution in [3.63, 3.8) is 0 Å². The van der Waals surface area contributed by atoms with Gasteiger partial charge in [0.1, 0.15) is 6.61 Å². The third-order valence-corrected chi connectivity index (χ3v) is 2.64. The van der Waals surface area contributed by atoms with Gasteiger partial charge in [0.2, 0.25) is 5.75 Å². The lowest BCUT2D eigenvalue weighted by molar-refractivity contribution is 0.303. The maximum atomic E-state index is 5.49. The Morgan fingerprint density at radius 3 is 2.10 bits per heavy atom. The van der Waals surface area contributed by atoms with Gasteiger partial charge < -0.3 is 19.5 Å². The molecular weight excluding hydrogens is 254 g/mol. The topological polar surface area (TPSA) is 39.7 Å². The molecule has 4 heteroatoms. The Bertz CT molecular complexity index is 458. The zero-order valence-electron chi connectivity index (χ0n) is 12.9. The van der Waals surface area contributed by atoms with Gasteiger partial charge >= 0.3 is 0 Å². The van der Waals surface area contributed by atoms with Crippen LogP contribution in [-0.2, 0) is 6.54 Å². The molecule has 0 heterocycles. The van der Waals surface area contributed by atoms with E-state index in [9.17, 15) is 0 Å². The number of nitrogens with one attached hydrogen (secondary N) is 1. The van der Waals surface area contributed by atoms with Gasteiger partial charge in [-0.2, -0.15) is 0 Å². The summed E-state index contributed by atoms with van der Waals surface area (Å²) in [6.07, 6.45) is 5.22. The number of terminal acetylenes is 1. The van der Waals surface area contributed by atoms with Crippen molar-refractivity contribution in [2.75, 3.05) is 20.8 Å². The fourth-order valence-corrected chi connectivity index (χ4v) is 1.66. The lowest BCUT2D eigenvalue weighted by atomic mass is 10.1. The second-order valence-electron chi connectivity index (χ2n) is 5.43. The molecule has 0 bridgehead atoms. The third-order valence-electron chi connectivity index (χ3n) is 2.64. The molecule has 1 aromatic carbocycles. The minimum absolute atomic E-state index is 0.0408. The SMILES string of the molecule is C#CCOc1c(OC)cc(CNC(C)(C)C)cc1OC. The van der Waals surface area contributed by atoms with Crippen LogP contribution in [0.5, 0.6) is 17.2 Å². The summed E-state index contributed by atoms with van der Waals surface area (Å²) in [4.78, 5) is 0. The van der Waals surface area contributed by atoms with Gasteiger partial charge in [0.05, 0.1) is 14.2 Å². The minimum atomic E-state index is 0.0408. The maximum absolute atomic E-state index is 5.49. The lowest BCUT2D eigenvalue weighted by Gasteiger charge is -2.21. The van der Waals surface area contributed by atoms with Gasteiger partial charge in [-0.05, 0) is 38.5 Å². The summed E-state index contributed by atoms with van der Waals surface area (Å²) >= 11 is 0. The molecule has 0 unspecified atom stereocenters. The number of methoxy groups -OCH3 is 2. The molecule has 4 nitrogen and oxygen atoms in total. The van der Waals surface area contributed by atoms with E-state index in [0.29, 0.717) is 23.8 Å². The van der Waals surface area contributed by atoms with Crippen molar-refractivity contribution in [1.29, 1.82) is 0 Å². The second kappa shape index (κ2) is 7.06. The summed E-state index contributed by atoms with van der Waals surface area (Å²) in [6.45, 7) is 7.24. The molecule has 0 aliphatic carbocycles. The number of hydrogen-bond donors (Lipinski definition) is 1. The quantitative estimate of drug-likeness (QED) is 0.811. The Morgan fingerprint density at radius 1 is 1.15 bits per heavy atom. The predicted octanol–water partition coefficient (Wildman–Crippen LogP) is 2.60. The second-order valence-corrected chi connectivity index (χ2v) is 5.43. The van der Waals surface area contributed by atoms with Crippen molar-refractivity contribution in [3.05, 3.63) is 17.7 Å². The molecule has 1 N–H and O–H groups in total. The van der Waals surface area contributed by atoms with Crippen molar-refractivity contribution >= 4 is 0 Å². The van der Waals surface area contributed by atoms with Gasteiger partial charge in [-0.3, -0.25) is 0 Å². The first kappa shape index (κ1) is 16.2.